The summed E-state index contributed by atoms with van der Waals surface area (Å²) < 4.78 is 4.82. The average molecular weight is 411 g/mol. The molecule has 3 rings (SSSR count). The number of benzene rings is 2. The van der Waals surface area contributed by atoms with Crippen LogP contribution in [-0.2, 0) is 4.74 Å². The van der Waals surface area contributed by atoms with Crippen molar-refractivity contribution >= 4 is 34.2 Å². The van der Waals surface area contributed by atoms with Crippen molar-refractivity contribution in [1.82, 2.24) is 9.88 Å². The van der Waals surface area contributed by atoms with Crippen molar-refractivity contribution in [3.05, 3.63) is 64.8 Å². The van der Waals surface area contributed by atoms with Gasteiger partial charge in [-0.3, -0.25) is 4.79 Å². The number of hydrogen-bond acceptors (Lipinski definition) is 4. The van der Waals surface area contributed by atoms with E-state index in [9.17, 15) is 9.59 Å². The highest BCUT2D eigenvalue weighted by Gasteiger charge is 2.21. The van der Waals surface area contributed by atoms with Gasteiger partial charge in [0.05, 0.1) is 23.4 Å². The van der Waals surface area contributed by atoms with Crippen LogP contribution in [-0.4, -0.2) is 42.0 Å². The first-order valence-corrected chi connectivity index (χ1v) is 9.80. The number of amides is 1. The lowest BCUT2D eigenvalue weighted by molar-refractivity contribution is 0.0600. The van der Waals surface area contributed by atoms with Crippen molar-refractivity contribution in [2.24, 2.45) is 0 Å². The number of esters is 1. The lowest BCUT2D eigenvalue weighted by atomic mass is 10.0. The third kappa shape index (κ3) is 4.10. The van der Waals surface area contributed by atoms with E-state index in [4.69, 9.17) is 16.3 Å². The summed E-state index contributed by atoms with van der Waals surface area (Å²) in [6.45, 7) is 4.03. The second-order valence-corrected chi connectivity index (χ2v) is 7.34. The van der Waals surface area contributed by atoms with Gasteiger partial charge in [-0.1, -0.05) is 42.8 Å². The maximum Gasteiger partial charge on any atom is 0.337 e. The van der Waals surface area contributed by atoms with E-state index in [1.54, 1.807) is 36.2 Å². The van der Waals surface area contributed by atoms with Gasteiger partial charge in [0.15, 0.2) is 0 Å². The van der Waals surface area contributed by atoms with Gasteiger partial charge in [-0.25, -0.2) is 9.78 Å². The number of carbonyl (C=O) groups excluding carboxylic acids is 2. The molecule has 0 aliphatic heterocycles. The molecule has 1 aromatic heterocycles. The van der Waals surface area contributed by atoms with Crippen molar-refractivity contribution in [3.63, 3.8) is 0 Å². The fraction of sp³-hybridized carbons (Fsp3) is 0.261. The Morgan fingerprint density at radius 2 is 1.90 bits per heavy atom. The van der Waals surface area contributed by atoms with Crippen molar-refractivity contribution in [1.29, 1.82) is 0 Å². The Bertz CT molecular complexity index is 1080. The third-order valence-corrected chi connectivity index (χ3v) is 5.50. The van der Waals surface area contributed by atoms with Crippen LogP contribution < -0.4 is 0 Å². The standard InChI is InChI=1S/C23H23ClN2O3/c1-5-14(2)26(3)22(27)20-13-15-8-6-7-9-17(15)21(25-20)18-12-16(23(28)29-4)10-11-19(18)24/h6-14H,5H2,1-4H3. The van der Waals surface area contributed by atoms with Gasteiger partial charge in [0.1, 0.15) is 5.69 Å². The molecule has 1 unspecified atom stereocenters. The Morgan fingerprint density at radius 3 is 2.59 bits per heavy atom. The van der Waals surface area contributed by atoms with Gasteiger partial charge in [0.2, 0.25) is 0 Å². The number of rotatable bonds is 5. The molecule has 1 heterocycles. The van der Waals surface area contributed by atoms with Crippen LogP contribution in [0.3, 0.4) is 0 Å². The van der Waals surface area contributed by atoms with E-state index in [-0.39, 0.29) is 11.9 Å². The van der Waals surface area contributed by atoms with Crippen LogP contribution in [0.1, 0.15) is 41.1 Å². The number of aromatic nitrogens is 1. The topological polar surface area (TPSA) is 59.5 Å². The van der Waals surface area contributed by atoms with Crippen LogP contribution in [0.5, 0.6) is 0 Å². The molecule has 0 bridgehead atoms. The normalized spacial score (nSPS) is 11.9. The maximum absolute atomic E-state index is 13.0. The molecule has 0 radical (unpaired) electrons. The van der Waals surface area contributed by atoms with Crippen molar-refractivity contribution in [3.8, 4) is 11.3 Å². The Balaban J connectivity index is 2.23. The van der Waals surface area contributed by atoms with Gasteiger partial charge in [0, 0.05) is 24.0 Å². The fourth-order valence-electron chi connectivity index (χ4n) is 3.12. The van der Waals surface area contributed by atoms with Gasteiger partial charge in [-0.05, 0) is 43.0 Å². The number of carbonyl (C=O) groups is 2. The van der Waals surface area contributed by atoms with Gasteiger partial charge < -0.3 is 9.64 Å². The quantitative estimate of drug-likeness (QED) is 0.541. The molecular weight excluding hydrogens is 388 g/mol. The third-order valence-electron chi connectivity index (χ3n) is 5.17. The molecular formula is C23H23ClN2O3. The SMILES string of the molecule is CCC(C)N(C)C(=O)c1cc2ccccc2c(-c2cc(C(=O)OC)ccc2Cl)n1. The van der Waals surface area contributed by atoms with Crippen LogP contribution >= 0.6 is 11.6 Å². The summed E-state index contributed by atoms with van der Waals surface area (Å²) in [7, 11) is 3.10. The molecule has 6 heteroatoms. The minimum Gasteiger partial charge on any atom is -0.465 e. The second kappa shape index (κ2) is 8.62. The minimum absolute atomic E-state index is 0.0884. The molecule has 150 valence electrons. The molecule has 0 aliphatic rings. The summed E-state index contributed by atoms with van der Waals surface area (Å²) in [6, 6.07) is 14.4. The molecule has 0 N–H and O–H groups in total. The molecule has 0 spiro atoms. The van der Waals surface area contributed by atoms with Gasteiger partial charge in [-0.15, -0.1) is 0 Å². The largest absolute Gasteiger partial charge is 0.465 e. The zero-order valence-electron chi connectivity index (χ0n) is 16.9. The van der Waals surface area contributed by atoms with E-state index in [0.29, 0.717) is 27.5 Å². The Labute approximate surface area is 175 Å². The van der Waals surface area contributed by atoms with Crippen LogP contribution in [0.15, 0.2) is 48.5 Å². The summed E-state index contributed by atoms with van der Waals surface area (Å²) in [6.07, 6.45) is 0.843. The summed E-state index contributed by atoms with van der Waals surface area (Å²) in [4.78, 5) is 31.4. The number of halogens is 1. The van der Waals surface area contributed by atoms with Gasteiger partial charge >= 0.3 is 5.97 Å². The second-order valence-electron chi connectivity index (χ2n) is 6.94. The number of methoxy groups -OCH3 is 1. The van der Waals surface area contributed by atoms with Crippen LogP contribution in [0.25, 0.3) is 22.0 Å². The highest BCUT2D eigenvalue weighted by atomic mass is 35.5. The smallest absolute Gasteiger partial charge is 0.337 e. The number of pyridine rings is 1. The monoisotopic (exact) mass is 410 g/mol. The first-order chi connectivity index (χ1) is 13.9. The molecule has 3 aromatic rings. The van der Waals surface area contributed by atoms with Crippen LogP contribution in [0.2, 0.25) is 5.02 Å². The molecule has 0 saturated heterocycles. The lowest BCUT2D eigenvalue weighted by Crippen LogP contribution is -2.35. The summed E-state index contributed by atoms with van der Waals surface area (Å²) in [5.41, 5.74) is 1.83. The van der Waals surface area contributed by atoms with E-state index >= 15 is 0 Å². The molecule has 1 atom stereocenters. The van der Waals surface area contributed by atoms with Crippen molar-refractivity contribution in [2.45, 2.75) is 26.3 Å². The summed E-state index contributed by atoms with van der Waals surface area (Å²) in [5, 5.41) is 2.16. The number of ether oxygens (including phenoxy) is 1. The fourth-order valence-corrected chi connectivity index (χ4v) is 3.33. The minimum atomic E-state index is -0.462. The van der Waals surface area contributed by atoms with Crippen molar-refractivity contribution in [2.75, 3.05) is 14.2 Å². The highest BCUT2D eigenvalue weighted by Crippen LogP contribution is 2.33. The lowest BCUT2D eigenvalue weighted by Gasteiger charge is -2.24. The van der Waals surface area contributed by atoms with E-state index in [0.717, 1.165) is 17.2 Å². The molecule has 29 heavy (non-hydrogen) atoms. The first-order valence-electron chi connectivity index (χ1n) is 9.42. The Morgan fingerprint density at radius 1 is 1.17 bits per heavy atom. The molecule has 1 amide bonds. The number of hydrogen-bond donors (Lipinski definition) is 0. The Hall–Kier alpha value is -2.92. The molecule has 0 aliphatic carbocycles. The Kier molecular flexibility index (Phi) is 6.18. The molecule has 0 saturated carbocycles. The predicted octanol–water partition coefficient (Wildman–Crippen LogP) is 5.21. The summed E-state index contributed by atoms with van der Waals surface area (Å²) in [5.74, 6) is -0.623. The van der Waals surface area contributed by atoms with E-state index in [2.05, 4.69) is 4.98 Å². The van der Waals surface area contributed by atoms with E-state index in [1.807, 2.05) is 38.1 Å². The number of nitrogens with zero attached hydrogens (tertiary/aromatic N) is 2. The molecule has 2 aromatic carbocycles. The maximum atomic E-state index is 13.0. The zero-order chi connectivity index (χ0) is 21.1. The molecule has 0 fully saturated rings. The van der Waals surface area contributed by atoms with E-state index in [1.165, 1.54) is 7.11 Å². The van der Waals surface area contributed by atoms with Gasteiger partial charge in [0.25, 0.3) is 5.91 Å². The van der Waals surface area contributed by atoms with E-state index < -0.39 is 5.97 Å². The zero-order valence-corrected chi connectivity index (χ0v) is 17.7. The van der Waals surface area contributed by atoms with Crippen molar-refractivity contribution < 1.29 is 14.3 Å². The average Bonchev–Trinajstić information content (AvgIpc) is 2.76. The molecule has 5 nitrogen and oxygen atoms in total. The highest BCUT2D eigenvalue weighted by molar-refractivity contribution is 6.33. The summed E-state index contributed by atoms with van der Waals surface area (Å²) >= 11 is 6.46. The van der Waals surface area contributed by atoms with Gasteiger partial charge in [-0.2, -0.15) is 0 Å². The predicted molar refractivity (Wildman–Crippen MR) is 115 cm³/mol. The first kappa shape index (κ1) is 20.8. The van der Waals surface area contributed by atoms with Crippen LogP contribution in [0, 0.1) is 0 Å². The van der Waals surface area contributed by atoms with Crippen LogP contribution in [0.4, 0.5) is 0 Å². The number of fused-ring (bicyclic) bond motifs is 1.